The lowest BCUT2D eigenvalue weighted by Gasteiger charge is -2.24. The molecule has 1 amide bonds. The molecule has 0 radical (unpaired) electrons. The van der Waals surface area contributed by atoms with Gasteiger partial charge < -0.3 is 10.2 Å². The van der Waals surface area contributed by atoms with Gasteiger partial charge in [-0.05, 0) is 24.5 Å². The van der Waals surface area contributed by atoms with E-state index in [0.717, 1.165) is 25.2 Å². The lowest BCUT2D eigenvalue weighted by atomic mass is 9.91. The van der Waals surface area contributed by atoms with Crippen LogP contribution in [0.4, 0.5) is 0 Å². The second kappa shape index (κ2) is 4.93. The number of hydrogen-bond acceptors (Lipinski definition) is 5. The summed E-state index contributed by atoms with van der Waals surface area (Å²) in [6.07, 6.45) is 1.01. The monoisotopic (exact) mass is 268 g/mol. The van der Waals surface area contributed by atoms with Crippen LogP contribution in [0.3, 0.4) is 0 Å². The summed E-state index contributed by atoms with van der Waals surface area (Å²) in [7, 11) is 1.87. The Labute approximate surface area is 112 Å². The summed E-state index contributed by atoms with van der Waals surface area (Å²) in [5.41, 5.74) is 0.655. The molecule has 1 N–H and O–H groups in total. The summed E-state index contributed by atoms with van der Waals surface area (Å²) < 4.78 is 3.95. The normalized spacial score (nSPS) is 20.1. The fourth-order valence-corrected chi connectivity index (χ4v) is 2.98. The van der Waals surface area contributed by atoms with Crippen LogP contribution < -0.4 is 5.32 Å². The highest BCUT2D eigenvalue weighted by Gasteiger charge is 2.31. The molecule has 6 heteroatoms. The Kier molecular flexibility index (Phi) is 3.68. The highest BCUT2D eigenvalue weighted by molar-refractivity contribution is 7.08. The molecule has 5 nitrogen and oxygen atoms in total. The van der Waals surface area contributed by atoms with E-state index in [9.17, 15) is 4.79 Å². The predicted octanol–water partition coefficient (Wildman–Crippen LogP) is 1.27. The fourth-order valence-electron chi connectivity index (χ4n) is 2.12. The molecule has 1 unspecified atom stereocenters. The zero-order chi connectivity index (χ0) is 13.3. The van der Waals surface area contributed by atoms with E-state index in [-0.39, 0.29) is 17.4 Å². The maximum atomic E-state index is 12.5. The highest BCUT2D eigenvalue weighted by atomic mass is 32.1. The Morgan fingerprint density at radius 3 is 2.78 bits per heavy atom. The van der Waals surface area contributed by atoms with E-state index >= 15 is 0 Å². The third-order valence-corrected chi connectivity index (χ3v) is 4.01. The van der Waals surface area contributed by atoms with Crippen LogP contribution in [-0.4, -0.2) is 46.6 Å². The first-order valence-corrected chi connectivity index (χ1v) is 6.99. The molecule has 2 rings (SSSR count). The quantitative estimate of drug-likeness (QED) is 0.877. The van der Waals surface area contributed by atoms with Crippen molar-refractivity contribution in [3.8, 4) is 0 Å². The number of likely N-dealkylation sites (N-methyl/N-ethyl adjacent to an activating group) is 1. The molecule has 0 saturated carbocycles. The maximum absolute atomic E-state index is 12.5. The first-order chi connectivity index (χ1) is 8.41. The van der Waals surface area contributed by atoms with Crippen molar-refractivity contribution in [1.82, 2.24) is 19.8 Å². The van der Waals surface area contributed by atoms with E-state index in [0.29, 0.717) is 4.88 Å². The lowest BCUT2D eigenvalue weighted by Crippen LogP contribution is -2.38. The minimum Gasteiger partial charge on any atom is -0.337 e. The highest BCUT2D eigenvalue weighted by Crippen LogP contribution is 2.27. The number of carbonyl (C=O) groups is 1. The van der Waals surface area contributed by atoms with Crippen molar-refractivity contribution in [3.05, 3.63) is 10.6 Å². The molecule has 1 saturated heterocycles. The van der Waals surface area contributed by atoms with Gasteiger partial charge in [-0.3, -0.25) is 4.79 Å². The van der Waals surface area contributed by atoms with Gasteiger partial charge in [0.1, 0.15) is 4.88 Å². The van der Waals surface area contributed by atoms with Gasteiger partial charge in [0.25, 0.3) is 5.91 Å². The van der Waals surface area contributed by atoms with Crippen LogP contribution in [0.25, 0.3) is 0 Å². The Hall–Kier alpha value is -1.01. The smallest absolute Gasteiger partial charge is 0.267 e. The van der Waals surface area contributed by atoms with Gasteiger partial charge in [0, 0.05) is 25.0 Å². The van der Waals surface area contributed by atoms with Crippen LogP contribution in [-0.2, 0) is 5.41 Å². The van der Waals surface area contributed by atoms with Crippen molar-refractivity contribution in [1.29, 1.82) is 0 Å². The summed E-state index contributed by atoms with van der Waals surface area (Å²) in [5.74, 6) is 0.0450. The molecule has 1 aromatic heterocycles. The van der Waals surface area contributed by atoms with Crippen molar-refractivity contribution in [2.24, 2.45) is 0 Å². The zero-order valence-electron chi connectivity index (χ0n) is 11.4. The largest absolute Gasteiger partial charge is 0.337 e. The van der Waals surface area contributed by atoms with E-state index in [2.05, 4.69) is 35.7 Å². The molecular weight excluding hydrogens is 248 g/mol. The number of carbonyl (C=O) groups excluding carboxylic acids is 1. The van der Waals surface area contributed by atoms with Crippen LogP contribution in [0.15, 0.2) is 0 Å². The van der Waals surface area contributed by atoms with E-state index in [1.807, 2.05) is 11.9 Å². The van der Waals surface area contributed by atoms with Gasteiger partial charge in [-0.25, -0.2) is 0 Å². The molecule has 1 aliphatic rings. The number of nitrogens with one attached hydrogen (secondary N) is 1. The summed E-state index contributed by atoms with van der Waals surface area (Å²) in [4.78, 5) is 15.0. The molecule has 1 atom stereocenters. The number of amides is 1. The Morgan fingerprint density at radius 2 is 2.22 bits per heavy atom. The summed E-state index contributed by atoms with van der Waals surface area (Å²) in [6, 6.07) is 0.285. The molecule has 1 aliphatic heterocycles. The maximum Gasteiger partial charge on any atom is 0.267 e. The van der Waals surface area contributed by atoms with Gasteiger partial charge in [0.2, 0.25) is 0 Å². The Balaban J connectivity index is 2.21. The molecule has 1 aromatic rings. The Morgan fingerprint density at radius 1 is 1.50 bits per heavy atom. The van der Waals surface area contributed by atoms with Crippen LogP contribution in [0.5, 0.6) is 0 Å². The van der Waals surface area contributed by atoms with Crippen molar-refractivity contribution in [2.75, 3.05) is 20.1 Å². The lowest BCUT2D eigenvalue weighted by molar-refractivity contribution is 0.0746. The van der Waals surface area contributed by atoms with E-state index < -0.39 is 0 Å². The van der Waals surface area contributed by atoms with Gasteiger partial charge in [0.15, 0.2) is 0 Å². The van der Waals surface area contributed by atoms with Crippen molar-refractivity contribution in [2.45, 2.75) is 38.6 Å². The standard InChI is InChI=1S/C12H20N4OS/c1-12(2,3)10-9(18-15-14-10)11(17)16(4)8-5-6-13-7-8/h8,13H,5-7H2,1-4H3. The topological polar surface area (TPSA) is 58.1 Å². The third-order valence-electron chi connectivity index (χ3n) is 3.30. The van der Waals surface area contributed by atoms with Crippen molar-refractivity contribution < 1.29 is 4.79 Å². The first-order valence-electron chi connectivity index (χ1n) is 6.22. The molecule has 18 heavy (non-hydrogen) atoms. The number of hydrogen-bond donors (Lipinski definition) is 1. The second-order valence-corrected chi connectivity index (χ2v) is 6.52. The van der Waals surface area contributed by atoms with E-state index in [1.54, 1.807) is 0 Å². The van der Waals surface area contributed by atoms with Gasteiger partial charge in [0.05, 0.1) is 5.69 Å². The second-order valence-electron chi connectivity index (χ2n) is 5.76. The van der Waals surface area contributed by atoms with Gasteiger partial charge >= 0.3 is 0 Å². The molecule has 0 bridgehead atoms. The number of aromatic nitrogens is 2. The van der Waals surface area contributed by atoms with E-state index in [4.69, 9.17) is 0 Å². The summed E-state index contributed by atoms with van der Waals surface area (Å²) >= 11 is 1.20. The average Bonchev–Trinajstić information content (AvgIpc) is 2.96. The molecule has 100 valence electrons. The van der Waals surface area contributed by atoms with Crippen LogP contribution in [0, 0.1) is 0 Å². The SMILES string of the molecule is CN(C(=O)c1snnc1C(C)(C)C)C1CCNC1. The molecule has 0 aliphatic carbocycles. The zero-order valence-corrected chi connectivity index (χ0v) is 12.2. The van der Waals surface area contributed by atoms with Crippen LogP contribution >= 0.6 is 11.5 Å². The number of nitrogens with zero attached hydrogens (tertiary/aromatic N) is 3. The average molecular weight is 268 g/mol. The van der Waals surface area contributed by atoms with Crippen molar-refractivity contribution in [3.63, 3.8) is 0 Å². The van der Waals surface area contributed by atoms with Crippen LogP contribution in [0.1, 0.15) is 42.6 Å². The summed E-state index contributed by atoms with van der Waals surface area (Å²) in [6.45, 7) is 8.02. The molecular formula is C12H20N4OS. The van der Waals surface area contributed by atoms with E-state index in [1.165, 1.54) is 11.5 Å². The van der Waals surface area contributed by atoms with Gasteiger partial charge in [-0.15, -0.1) is 5.10 Å². The molecule has 0 aromatic carbocycles. The molecule has 1 fully saturated rings. The van der Waals surface area contributed by atoms with Crippen LogP contribution in [0.2, 0.25) is 0 Å². The van der Waals surface area contributed by atoms with Gasteiger partial charge in [-0.2, -0.15) is 0 Å². The Bertz CT molecular complexity index is 432. The van der Waals surface area contributed by atoms with Gasteiger partial charge in [-0.1, -0.05) is 25.3 Å². The third kappa shape index (κ3) is 2.54. The molecule has 2 heterocycles. The minimum atomic E-state index is -0.146. The molecule has 0 spiro atoms. The first kappa shape index (κ1) is 13.4. The minimum absolute atomic E-state index is 0.0450. The fraction of sp³-hybridized carbons (Fsp3) is 0.750. The summed E-state index contributed by atoms with van der Waals surface area (Å²) in [5, 5.41) is 7.40. The number of rotatable bonds is 2. The predicted molar refractivity (Wildman–Crippen MR) is 72.0 cm³/mol. The van der Waals surface area contributed by atoms with Crippen molar-refractivity contribution >= 4 is 17.4 Å².